The van der Waals surface area contributed by atoms with Crippen molar-refractivity contribution in [2.45, 2.75) is 6.54 Å². The number of nitrogens with zero attached hydrogens (tertiary/aromatic N) is 2. The molecule has 5 heteroatoms. The van der Waals surface area contributed by atoms with Crippen LogP contribution in [0.3, 0.4) is 0 Å². The van der Waals surface area contributed by atoms with Crippen LogP contribution in [0.4, 0.5) is 0 Å². The number of ether oxygens (including phenoxy) is 2. The van der Waals surface area contributed by atoms with Gasteiger partial charge in [0.1, 0.15) is 5.75 Å². The van der Waals surface area contributed by atoms with Gasteiger partial charge in [0.05, 0.1) is 32.2 Å². The van der Waals surface area contributed by atoms with E-state index in [1.165, 1.54) is 5.56 Å². The number of benzene rings is 3. The molecule has 0 bridgehead atoms. The minimum absolute atomic E-state index is 0.119. The second-order valence-electron chi connectivity index (χ2n) is 7.51. The van der Waals surface area contributed by atoms with Crippen molar-refractivity contribution < 1.29 is 14.6 Å². The van der Waals surface area contributed by atoms with Gasteiger partial charge in [0.2, 0.25) is 0 Å². The summed E-state index contributed by atoms with van der Waals surface area (Å²) in [5.41, 5.74) is 4.96. The molecule has 0 radical (unpaired) electrons. The largest absolute Gasteiger partial charge is 0.504 e. The molecule has 0 aliphatic rings. The van der Waals surface area contributed by atoms with Gasteiger partial charge in [0, 0.05) is 0 Å². The molecule has 3 aromatic carbocycles. The Kier molecular flexibility index (Phi) is 6.90. The summed E-state index contributed by atoms with van der Waals surface area (Å²) in [4.78, 5) is 0. The molecule has 0 aliphatic carbocycles. The first-order valence-electron chi connectivity index (χ1n) is 10.6. The Bertz CT molecular complexity index is 1270. The summed E-state index contributed by atoms with van der Waals surface area (Å²) in [5, 5.41) is 14.6. The molecule has 4 aromatic rings. The molecular formula is C28H26N2O3. The van der Waals surface area contributed by atoms with E-state index in [-0.39, 0.29) is 5.75 Å². The maximum Gasteiger partial charge on any atom is 0.161 e. The predicted octanol–water partition coefficient (Wildman–Crippen LogP) is 6.00. The van der Waals surface area contributed by atoms with Crippen LogP contribution in [0, 0.1) is 0 Å². The zero-order chi connectivity index (χ0) is 23.0. The van der Waals surface area contributed by atoms with Crippen molar-refractivity contribution in [2.75, 3.05) is 14.2 Å². The summed E-state index contributed by atoms with van der Waals surface area (Å²) in [7, 11) is 3.20. The fraction of sp³-hybridized carbons (Fsp3) is 0.107. The number of methoxy groups -OCH3 is 2. The number of rotatable bonds is 8. The minimum Gasteiger partial charge on any atom is -0.504 e. The molecule has 1 heterocycles. The van der Waals surface area contributed by atoms with Gasteiger partial charge in [-0.1, -0.05) is 60.7 Å². The number of aromatic hydroxyl groups is 1. The molecular weight excluding hydrogens is 412 g/mol. The third-order valence-electron chi connectivity index (χ3n) is 5.20. The molecule has 1 aromatic heterocycles. The van der Waals surface area contributed by atoms with E-state index >= 15 is 0 Å². The second-order valence-corrected chi connectivity index (χ2v) is 7.51. The van der Waals surface area contributed by atoms with E-state index in [1.807, 2.05) is 83.6 Å². The Morgan fingerprint density at radius 1 is 0.788 bits per heavy atom. The molecule has 166 valence electrons. The van der Waals surface area contributed by atoms with Gasteiger partial charge < -0.3 is 14.6 Å². The number of phenolic OH excluding ortho intramolecular Hbond substituents is 1. The lowest BCUT2D eigenvalue weighted by Gasteiger charge is -2.05. The van der Waals surface area contributed by atoms with Crippen molar-refractivity contribution in [3.05, 3.63) is 107 Å². The quantitative estimate of drug-likeness (QED) is 0.367. The van der Waals surface area contributed by atoms with Gasteiger partial charge in [-0.3, -0.25) is 4.68 Å². The average Bonchev–Trinajstić information content (AvgIpc) is 3.24. The van der Waals surface area contributed by atoms with Crippen molar-refractivity contribution in [1.29, 1.82) is 0 Å². The Balaban J connectivity index is 1.63. The zero-order valence-corrected chi connectivity index (χ0v) is 18.7. The van der Waals surface area contributed by atoms with Gasteiger partial charge in [0.25, 0.3) is 0 Å². The Labute approximate surface area is 193 Å². The van der Waals surface area contributed by atoms with Crippen LogP contribution in [0.1, 0.15) is 28.1 Å². The Morgan fingerprint density at radius 2 is 1.58 bits per heavy atom. The van der Waals surface area contributed by atoms with Crippen LogP contribution >= 0.6 is 0 Å². The summed E-state index contributed by atoms with van der Waals surface area (Å²) in [5.74, 6) is 1.38. The third kappa shape index (κ3) is 5.71. The van der Waals surface area contributed by atoms with Gasteiger partial charge in [-0.05, 0) is 59.2 Å². The summed E-state index contributed by atoms with van der Waals surface area (Å²) < 4.78 is 12.5. The minimum atomic E-state index is 0.119. The highest BCUT2D eigenvalue weighted by Gasteiger charge is 2.06. The highest BCUT2D eigenvalue weighted by atomic mass is 16.5. The predicted molar refractivity (Wildman–Crippen MR) is 133 cm³/mol. The monoisotopic (exact) mass is 438 g/mol. The molecule has 5 nitrogen and oxygen atoms in total. The van der Waals surface area contributed by atoms with Crippen LogP contribution in [0.2, 0.25) is 0 Å². The number of phenols is 1. The maximum absolute atomic E-state index is 9.84. The van der Waals surface area contributed by atoms with Crippen molar-refractivity contribution in [2.24, 2.45) is 0 Å². The Hall–Kier alpha value is -4.25. The van der Waals surface area contributed by atoms with Gasteiger partial charge in [-0.2, -0.15) is 5.10 Å². The van der Waals surface area contributed by atoms with E-state index in [9.17, 15) is 5.11 Å². The van der Waals surface area contributed by atoms with Crippen molar-refractivity contribution in [3.63, 3.8) is 0 Å². The lowest BCUT2D eigenvalue weighted by atomic mass is 10.1. The number of hydrogen-bond acceptors (Lipinski definition) is 4. The van der Waals surface area contributed by atoms with Crippen LogP contribution in [-0.2, 0) is 6.54 Å². The van der Waals surface area contributed by atoms with Crippen LogP contribution < -0.4 is 9.47 Å². The molecule has 1 N–H and O–H groups in total. The van der Waals surface area contributed by atoms with Gasteiger partial charge in [-0.25, -0.2) is 0 Å². The van der Waals surface area contributed by atoms with Gasteiger partial charge in [-0.15, -0.1) is 0 Å². The molecule has 0 atom stereocenters. The standard InChI is InChI=1S/C28H26N2O3/c1-32-26-10-6-9-21(17-26)11-14-24-19-25(30(29-24)20-23-7-4-3-5-8-23)15-12-22-13-16-27(31)28(18-22)33-2/h3-19,31H,20H2,1-2H3/b14-11+,15-12+. The molecule has 0 fully saturated rings. The number of hydrogen-bond donors (Lipinski definition) is 1. The molecule has 0 aliphatic heterocycles. The lowest BCUT2D eigenvalue weighted by molar-refractivity contribution is 0.373. The molecule has 0 amide bonds. The van der Waals surface area contributed by atoms with Crippen LogP contribution in [0.15, 0.2) is 78.9 Å². The molecule has 4 rings (SSSR count). The second kappa shape index (κ2) is 10.4. The van der Waals surface area contributed by atoms with Crippen molar-refractivity contribution >= 4 is 24.3 Å². The third-order valence-corrected chi connectivity index (χ3v) is 5.20. The van der Waals surface area contributed by atoms with Crippen molar-refractivity contribution in [3.8, 4) is 17.2 Å². The normalized spacial score (nSPS) is 11.3. The highest BCUT2D eigenvalue weighted by molar-refractivity contribution is 5.73. The highest BCUT2D eigenvalue weighted by Crippen LogP contribution is 2.27. The van der Waals surface area contributed by atoms with Gasteiger partial charge in [0.15, 0.2) is 11.5 Å². The molecule has 0 saturated carbocycles. The molecule has 0 unspecified atom stereocenters. The van der Waals surface area contributed by atoms with Gasteiger partial charge >= 0.3 is 0 Å². The first-order valence-corrected chi connectivity index (χ1v) is 10.6. The lowest BCUT2D eigenvalue weighted by Crippen LogP contribution is -2.03. The fourth-order valence-electron chi connectivity index (χ4n) is 3.46. The SMILES string of the molecule is COc1cccc(/C=C/c2cc(/C=C/c3ccc(O)c(OC)c3)n(Cc3ccccc3)n2)c1. The topological polar surface area (TPSA) is 56.5 Å². The number of aromatic nitrogens is 2. The smallest absolute Gasteiger partial charge is 0.161 e. The summed E-state index contributed by atoms with van der Waals surface area (Å²) in [6.45, 7) is 0.659. The molecule has 33 heavy (non-hydrogen) atoms. The van der Waals surface area contributed by atoms with E-state index in [2.05, 4.69) is 12.1 Å². The summed E-state index contributed by atoms with van der Waals surface area (Å²) >= 11 is 0. The molecule has 0 saturated heterocycles. The van der Waals surface area contributed by atoms with E-state index in [0.717, 1.165) is 28.3 Å². The first kappa shape index (κ1) is 22.0. The Morgan fingerprint density at radius 3 is 2.36 bits per heavy atom. The van der Waals surface area contributed by atoms with Crippen LogP contribution in [-0.4, -0.2) is 29.1 Å². The van der Waals surface area contributed by atoms with E-state index in [4.69, 9.17) is 14.6 Å². The molecule has 0 spiro atoms. The van der Waals surface area contributed by atoms with E-state index in [0.29, 0.717) is 12.3 Å². The van der Waals surface area contributed by atoms with Crippen LogP contribution in [0.25, 0.3) is 24.3 Å². The van der Waals surface area contributed by atoms with Crippen LogP contribution in [0.5, 0.6) is 17.2 Å². The maximum atomic E-state index is 9.84. The van der Waals surface area contributed by atoms with E-state index < -0.39 is 0 Å². The fourth-order valence-corrected chi connectivity index (χ4v) is 3.46. The summed E-state index contributed by atoms with van der Waals surface area (Å²) in [6, 6.07) is 25.5. The average molecular weight is 439 g/mol. The summed E-state index contributed by atoms with van der Waals surface area (Å²) in [6.07, 6.45) is 8.02. The first-order chi connectivity index (χ1) is 16.1. The van der Waals surface area contributed by atoms with E-state index in [1.54, 1.807) is 26.4 Å². The zero-order valence-electron chi connectivity index (χ0n) is 18.7. The van der Waals surface area contributed by atoms with Crippen molar-refractivity contribution in [1.82, 2.24) is 9.78 Å².